The largest absolute Gasteiger partial charge is 0.454 e. The van der Waals surface area contributed by atoms with Crippen LogP contribution < -0.4 is 0 Å². The fraction of sp³-hybridized carbons (Fsp3) is 0. The minimum absolute atomic E-state index is 0.667. The van der Waals surface area contributed by atoms with Crippen LogP contribution in [0.1, 0.15) is 0 Å². The molecule has 0 saturated heterocycles. The van der Waals surface area contributed by atoms with Gasteiger partial charge in [0.2, 0.25) is 0 Å². The smallest absolute Gasteiger partial charge is 0.162 e. The van der Waals surface area contributed by atoms with Crippen LogP contribution in [0.15, 0.2) is 241 Å². The summed E-state index contributed by atoms with van der Waals surface area (Å²) in [5.41, 5.74) is 18.2. The van der Waals surface area contributed by atoms with Crippen molar-refractivity contribution in [2.45, 2.75) is 0 Å². The van der Waals surface area contributed by atoms with Crippen molar-refractivity contribution in [3.8, 4) is 89.7 Å². The molecule has 0 saturated carbocycles. The molecule has 12 aromatic rings. The number of para-hydroxylation sites is 1. The van der Waals surface area contributed by atoms with Gasteiger partial charge in [-0.1, -0.05) is 206 Å². The Hall–Kier alpha value is -8.73. The summed E-state index contributed by atoms with van der Waals surface area (Å²) >= 11 is 0. The zero-order valence-electron chi connectivity index (χ0n) is 35.3. The SMILES string of the molecule is c1ccc(-c2ccc(-c3cc(-c4ccc(-c5ccccc5)cc4)nc(-c4ccc(-c5cccc(-c6nc7ccc(-c8ccccc8)cc7c7c6oc6ccccc67)c5)cc4)n3)cc2)cc1. The Kier molecular flexibility index (Phi) is 9.46. The van der Waals surface area contributed by atoms with Crippen LogP contribution in [0.3, 0.4) is 0 Å². The minimum atomic E-state index is 0.667. The van der Waals surface area contributed by atoms with Crippen molar-refractivity contribution in [2.24, 2.45) is 0 Å². The number of aromatic nitrogens is 3. The molecule has 0 fully saturated rings. The van der Waals surface area contributed by atoms with E-state index in [4.69, 9.17) is 19.4 Å². The van der Waals surface area contributed by atoms with Crippen LogP contribution in [-0.2, 0) is 0 Å². The molecule has 12 rings (SSSR count). The minimum Gasteiger partial charge on any atom is -0.454 e. The third-order valence-electron chi connectivity index (χ3n) is 12.3. The molecule has 0 bridgehead atoms. The van der Waals surface area contributed by atoms with Crippen molar-refractivity contribution in [3.05, 3.63) is 237 Å². The van der Waals surface area contributed by atoms with E-state index in [0.717, 1.165) is 100.0 Å². The van der Waals surface area contributed by atoms with Crippen LogP contribution in [0.25, 0.3) is 123 Å². The number of hydrogen-bond acceptors (Lipinski definition) is 4. The highest BCUT2D eigenvalue weighted by Gasteiger charge is 2.19. The molecule has 4 heteroatoms. The summed E-state index contributed by atoms with van der Waals surface area (Å²) in [6.45, 7) is 0. The molecule has 65 heavy (non-hydrogen) atoms. The number of benzene rings is 9. The Morgan fingerprint density at radius 1 is 0.277 bits per heavy atom. The second kappa shape index (κ2) is 16.2. The summed E-state index contributed by atoms with van der Waals surface area (Å²) in [7, 11) is 0. The van der Waals surface area contributed by atoms with E-state index < -0.39 is 0 Å². The Labute approximate surface area is 376 Å². The molecule has 0 spiro atoms. The number of fused-ring (bicyclic) bond motifs is 5. The van der Waals surface area contributed by atoms with Crippen LogP contribution in [0.5, 0.6) is 0 Å². The second-order valence-corrected chi connectivity index (χ2v) is 16.4. The molecule has 0 atom stereocenters. The topological polar surface area (TPSA) is 51.8 Å². The zero-order chi connectivity index (χ0) is 43.1. The molecule has 304 valence electrons. The fourth-order valence-electron chi connectivity index (χ4n) is 8.95. The molecule has 0 radical (unpaired) electrons. The molecular formula is C61H39N3O. The van der Waals surface area contributed by atoms with Crippen molar-refractivity contribution >= 4 is 32.8 Å². The number of pyridine rings is 1. The van der Waals surface area contributed by atoms with Crippen LogP contribution in [-0.4, -0.2) is 15.0 Å². The van der Waals surface area contributed by atoms with Gasteiger partial charge in [-0.05, 0) is 74.8 Å². The van der Waals surface area contributed by atoms with E-state index in [2.05, 4.69) is 206 Å². The van der Waals surface area contributed by atoms with Crippen molar-refractivity contribution in [1.82, 2.24) is 15.0 Å². The van der Waals surface area contributed by atoms with Gasteiger partial charge in [0.1, 0.15) is 11.3 Å². The van der Waals surface area contributed by atoms with Gasteiger partial charge >= 0.3 is 0 Å². The van der Waals surface area contributed by atoms with Gasteiger partial charge in [0.15, 0.2) is 11.4 Å². The Balaban J connectivity index is 0.915. The van der Waals surface area contributed by atoms with Gasteiger partial charge in [-0.2, -0.15) is 0 Å². The fourth-order valence-corrected chi connectivity index (χ4v) is 8.95. The van der Waals surface area contributed by atoms with E-state index in [0.29, 0.717) is 5.82 Å². The summed E-state index contributed by atoms with van der Waals surface area (Å²) < 4.78 is 6.66. The van der Waals surface area contributed by atoms with Gasteiger partial charge in [0.25, 0.3) is 0 Å². The quantitative estimate of drug-likeness (QED) is 0.153. The first-order chi connectivity index (χ1) is 32.2. The van der Waals surface area contributed by atoms with Gasteiger partial charge < -0.3 is 4.42 Å². The highest BCUT2D eigenvalue weighted by molar-refractivity contribution is 6.21. The predicted molar refractivity (Wildman–Crippen MR) is 268 cm³/mol. The molecule has 0 aliphatic carbocycles. The number of furan rings is 1. The normalized spacial score (nSPS) is 11.4. The van der Waals surface area contributed by atoms with Crippen molar-refractivity contribution in [2.75, 3.05) is 0 Å². The maximum absolute atomic E-state index is 6.66. The molecule has 0 N–H and O–H groups in total. The van der Waals surface area contributed by atoms with Gasteiger partial charge in [-0.25, -0.2) is 15.0 Å². The Morgan fingerprint density at radius 2 is 0.708 bits per heavy atom. The highest BCUT2D eigenvalue weighted by atomic mass is 16.3. The van der Waals surface area contributed by atoms with E-state index in [9.17, 15) is 0 Å². The summed E-state index contributed by atoms with van der Waals surface area (Å²) in [6, 6.07) is 82.7. The average molecular weight is 830 g/mol. The van der Waals surface area contributed by atoms with Gasteiger partial charge in [0, 0.05) is 38.4 Å². The highest BCUT2D eigenvalue weighted by Crippen LogP contribution is 2.41. The molecule has 3 heterocycles. The molecule has 9 aromatic carbocycles. The number of rotatable bonds is 8. The Morgan fingerprint density at radius 3 is 1.31 bits per heavy atom. The van der Waals surface area contributed by atoms with E-state index in [1.54, 1.807) is 0 Å². The molecule has 0 aliphatic rings. The first-order valence-corrected chi connectivity index (χ1v) is 21.9. The average Bonchev–Trinajstić information content (AvgIpc) is 3.79. The predicted octanol–water partition coefficient (Wildman–Crippen LogP) is 16.3. The molecule has 0 amide bonds. The second-order valence-electron chi connectivity index (χ2n) is 16.4. The molecule has 4 nitrogen and oxygen atoms in total. The van der Waals surface area contributed by atoms with Gasteiger partial charge in [-0.3, -0.25) is 0 Å². The standard InChI is InChI=1S/C61H39N3O/c1-4-13-40(14-5-1)43-23-29-46(30-24-43)55-39-56(47-31-25-44(26-32-47)41-15-6-2-7-16-41)64-61(63-55)48-33-27-45(28-34-48)49-19-12-20-51(37-49)59-60-58(52-21-10-11-22-57(52)65-60)53-38-50(35-36-54(53)62-59)42-17-8-3-9-18-42/h1-39H. The maximum Gasteiger partial charge on any atom is 0.162 e. The lowest BCUT2D eigenvalue weighted by atomic mass is 9.97. The lowest BCUT2D eigenvalue weighted by molar-refractivity contribution is 0.669. The van der Waals surface area contributed by atoms with Crippen LogP contribution in [0.4, 0.5) is 0 Å². The summed E-state index contributed by atoms with van der Waals surface area (Å²) in [5, 5.41) is 3.23. The van der Waals surface area contributed by atoms with Crippen LogP contribution >= 0.6 is 0 Å². The third-order valence-corrected chi connectivity index (χ3v) is 12.3. The van der Waals surface area contributed by atoms with Crippen molar-refractivity contribution < 1.29 is 4.42 Å². The first-order valence-electron chi connectivity index (χ1n) is 21.9. The van der Waals surface area contributed by atoms with Crippen LogP contribution in [0, 0.1) is 0 Å². The van der Waals surface area contributed by atoms with Crippen molar-refractivity contribution in [3.63, 3.8) is 0 Å². The number of hydrogen-bond donors (Lipinski definition) is 0. The summed E-state index contributed by atoms with van der Waals surface area (Å²) in [4.78, 5) is 15.7. The maximum atomic E-state index is 6.66. The first kappa shape index (κ1) is 38.0. The monoisotopic (exact) mass is 829 g/mol. The van der Waals surface area contributed by atoms with E-state index in [1.165, 1.54) is 16.7 Å². The zero-order valence-corrected chi connectivity index (χ0v) is 35.3. The number of nitrogens with zero attached hydrogens (tertiary/aromatic N) is 3. The molecule has 3 aromatic heterocycles. The van der Waals surface area contributed by atoms with Gasteiger partial charge in [-0.15, -0.1) is 0 Å². The summed E-state index contributed by atoms with van der Waals surface area (Å²) in [5.74, 6) is 0.667. The lowest BCUT2D eigenvalue weighted by Crippen LogP contribution is -1.96. The van der Waals surface area contributed by atoms with Gasteiger partial charge in [0.05, 0.1) is 16.9 Å². The van der Waals surface area contributed by atoms with Crippen LogP contribution in [0.2, 0.25) is 0 Å². The molecule has 0 unspecified atom stereocenters. The molecular weight excluding hydrogens is 791 g/mol. The van der Waals surface area contributed by atoms with Crippen molar-refractivity contribution in [1.29, 1.82) is 0 Å². The Bertz CT molecular complexity index is 3560. The van der Waals surface area contributed by atoms with E-state index >= 15 is 0 Å². The summed E-state index contributed by atoms with van der Waals surface area (Å²) in [6.07, 6.45) is 0. The van der Waals surface area contributed by atoms with E-state index in [1.807, 2.05) is 30.3 Å². The lowest BCUT2D eigenvalue weighted by Gasteiger charge is -2.12. The van der Waals surface area contributed by atoms with E-state index in [-0.39, 0.29) is 0 Å². The third kappa shape index (κ3) is 7.23. The molecule has 0 aliphatic heterocycles.